The van der Waals surface area contributed by atoms with Gasteiger partial charge in [-0.05, 0) is 46.2 Å². The van der Waals surface area contributed by atoms with Gasteiger partial charge in [-0.2, -0.15) is 0 Å². The summed E-state index contributed by atoms with van der Waals surface area (Å²) in [5.74, 6) is 2.68. The van der Waals surface area contributed by atoms with Gasteiger partial charge in [0.05, 0.1) is 0 Å². The number of hydrogen-bond acceptors (Lipinski definition) is 2. The molecule has 0 aromatic rings. The largest absolute Gasteiger partial charge is 0.326 e. The number of nitrogens with zero attached hydrogens (tertiary/aromatic N) is 1. The van der Waals surface area contributed by atoms with Crippen LogP contribution in [0.4, 0.5) is 0 Å². The molecule has 2 heteroatoms. The molecular formula is C13H24N2. The van der Waals surface area contributed by atoms with Crippen molar-refractivity contribution in [2.45, 2.75) is 57.5 Å². The van der Waals surface area contributed by atoms with Crippen molar-refractivity contribution < 1.29 is 0 Å². The van der Waals surface area contributed by atoms with E-state index >= 15 is 0 Å². The van der Waals surface area contributed by atoms with Crippen LogP contribution in [0.5, 0.6) is 0 Å². The maximum atomic E-state index is 6.23. The van der Waals surface area contributed by atoms with Gasteiger partial charge in [-0.25, -0.2) is 0 Å². The molecule has 15 heavy (non-hydrogen) atoms. The first kappa shape index (κ1) is 12.5. The van der Waals surface area contributed by atoms with Gasteiger partial charge in [0.15, 0.2) is 0 Å². The third-order valence-electron chi connectivity index (χ3n) is 3.68. The molecule has 0 saturated carbocycles. The summed E-state index contributed by atoms with van der Waals surface area (Å²) >= 11 is 0. The predicted octanol–water partition coefficient (Wildman–Crippen LogP) is 1.99. The summed E-state index contributed by atoms with van der Waals surface area (Å²) in [6, 6.07) is 0.187. The lowest BCUT2D eigenvalue weighted by molar-refractivity contribution is 0.0710. The van der Waals surface area contributed by atoms with E-state index in [1.54, 1.807) is 0 Å². The second kappa shape index (κ2) is 5.53. The fourth-order valence-electron chi connectivity index (χ4n) is 2.30. The molecule has 1 unspecified atom stereocenters. The van der Waals surface area contributed by atoms with E-state index in [9.17, 15) is 0 Å². The van der Waals surface area contributed by atoms with E-state index < -0.39 is 0 Å². The zero-order valence-corrected chi connectivity index (χ0v) is 10.1. The Morgan fingerprint density at radius 2 is 1.93 bits per heavy atom. The van der Waals surface area contributed by atoms with Crippen LogP contribution in [0.1, 0.15) is 46.0 Å². The molecule has 1 aliphatic heterocycles. The van der Waals surface area contributed by atoms with Crippen molar-refractivity contribution in [2.75, 3.05) is 13.1 Å². The van der Waals surface area contributed by atoms with E-state index in [2.05, 4.69) is 24.7 Å². The van der Waals surface area contributed by atoms with Crippen LogP contribution in [0.2, 0.25) is 0 Å². The van der Waals surface area contributed by atoms with Crippen LogP contribution in [0.25, 0.3) is 0 Å². The predicted molar refractivity (Wildman–Crippen MR) is 65.5 cm³/mol. The van der Waals surface area contributed by atoms with Crippen molar-refractivity contribution in [1.29, 1.82) is 0 Å². The average molecular weight is 208 g/mol. The van der Waals surface area contributed by atoms with Crippen LogP contribution >= 0.6 is 0 Å². The normalized spacial score (nSPS) is 20.9. The van der Waals surface area contributed by atoms with Crippen molar-refractivity contribution in [1.82, 2.24) is 4.90 Å². The Balaban J connectivity index is 2.51. The number of hydrogen-bond donors (Lipinski definition) is 1. The summed E-state index contributed by atoms with van der Waals surface area (Å²) in [6.07, 6.45) is 11.0. The fourth-order valence-corrected chi connectivity index (χ4v) is 2.30. The molecular weight excluding hydrogens is 184 g/mol. The molecule has 0 spiro atoms. The molecule has 1 saturated heterocycles. The summed E-state index contributed by atoms with van der Waals surface area (Å²) < 4.78 is 0. The molecule has 1 atom stereocenters. The topological polar surface area (TPSA) is 29.3 Å². The van der Waals surface area contributed by atoms with Crippen molar-refractivity contribution in [3.8, 4) is 12.3 Å². The Bertz CT molecular complexity index is 221. The summed E-state index contributed by atoms with van der Waals surface area (Å²) in [4.78, 5) is 2.53. The Labute approximate surface area is 94.2 Å². The van der Waals surface area contributed by atoms with Crippen LogP contribution in [0.15, 0.2) is 0 Å². The summed E-state index contributed by atoms with van der Waals surface area (Å²) in [6.45, 7) is 6.88. The molecule has 2 nitrogen and oxygen atoms in total. The minimum Gasteiger partial charge on any atom is -0.326 e. The first-order valence-corrected chi connectivity index (χ1v) is 6.03. The molecule has 2 N–H and O–H groups in total. The van der Waals surface area contributed by atoms with E-state index in [1.807, 2.05) is 0 Å². The number of piperidine rings is 1. The monoisotopic (exact) mass is 208 g/mol. The first-order chi connectivity index (χ1) is 7.09. The molecule has 0 aromatic carbocycles. The molecule has 0 radical (unpaired) electrons. The molecule has 1 fully saturated rings. The molecule has 1 rings (SSSR count). The first-order valence-electron chi connectivity index (χ1n) is 6.03. The smallest absolute Gasteiger partial charge is 0.0304 e. The molecule has 1 heterocycles. The van der Waals surface area contributed by atoms with Gasteiger partial charge in [0.2, 0.25) is 0 Å². The Hall–Kier alpha value is -0.520. The number of rotatable bonds is 4. The zero-order chi connectivity index (χ0) is 11.3. The molecule has 86 valence electrons. The minimum atomic E-state index is 0.0945. The third kappa shape index (κ3) is 3.22. The van der Waals surface area contributed by atoms with E-state index in [0.717, 1.165) is 12.8 Å². The van der Waals surface area contributed by atoms with Gasteiger partial charge in [0.25, 0.3) is 0 Å². The third-order valence-corrected chi connectivity index (χ3v) is 3.68. The van der Waals surface area contributed by atoms with Crippen molar-refractivity contribution in [3.63, 3.8) is 0 Å². The summed E-state index contributed by atoms with van der Waals surface area (Å²) in [5, 5.41) is 0. The standard InChI is InChI=1S/C13H24N2/c1-4-5-9-12(14)13(2,3)15-10-7-6-8-11-15/h1,12H,5-11,14H2,2-3H3. The van der Waals surface area contributed by atoms with Crippen LogP contribution in [-0.4, -0.2) is 29.6 Å². The minimum absolute atomic E-state index is 0.0945. The van der Waals surface area contributed by atoms with Gasteiger partial charge < -0.3 is 5.73 Å². The Morgan fingerprint density at radius 1 is 1.33 bits per heavy atom. The second-order valence-electron chi connectivity index (χ2n) is 5.05. The van der Waals surface area contributed by atoms with Gasteiger partial charge >= 0.3 is 0 Å². The number of terminal acetylenes is 1. The van der Waals surface area contributed by atoms with E-state index in [4.69, 9.17) is 12.2 Å². The van der Waals surface area contributed by atoms with E-state index in [0.29, 0.717) is 0 Å². The highest BCUT2D eigenvalue weighted by atomic mass is 15.2. The van der Waals surface area contributed by atoms with Gasteiger partial charge in [0, 0.05) is 18.0 Å². The molecule has 0 aliphatic carbocycles. The van der Waals surface area contributed by atoms with Crippen molar-refractivity contribution >= 4 is 0 Å². The average Bonchev–Trinajstić information content (AvgIpc) is 2.27. The van der Waals surface area contributed by atoms with Gasteiger partial charge in [-0.15, -0.1) is 12.3 Å². The van der Waals surface area contributed by atoms with Gasteiger partial charge in [-0.1, -0.05) is 6.42 Å². The Morgan fingerprint density at radius 3 is 2.47 bits per heavy atom. The molecule has 1 aliphatic rings. The highest BCUT2D eigenvalue weighted by Gasteiger charge is 2.33. The van der Waals surface area contributed by atoms with E-state index in [-0.39, 0.29) is 11.6 Å². The maximum absolute atomic E-state index is 6.23. The lowest BCUT2D eigenvalue weighted by atomic mass is 9.88. The lowest BCUT2D eigenvalue weighted by Gasteiger charge is -2.44. The van der Waals surface area contributed by atoms with Gasteiger partial charge in [0.1, 0.15) is 0 Å². The fraction of sp³-hybridized carbons (Fsp3) is 0.846. The van der Waals surface area contributed by atoms with Crippen LogP contribution < -0.4 is 5.73 Å². The SMILES string of the molecule is C#CCCC(N)C(C)(C)N1CCCCC1. The molecule has 0 amide bonds. The summed E-state index contributed by atoms with van der Waals surface area (Å²) in [5.41, 5.74) is 6.33. The highest BCUT2D eigenvalue weighted by Crippen LogP contribution is 2.24. The number of nitrogens with two attached hydrogens (primary N) is 1. The lowest BCUT2D eigenvalue weighted by Crippen LogP contribution is -2.57. The quantitative estimate of drug-likeness (QED) is 0.716. The van der Waals surface area contributed by atoms with Crippen LogP contribution in [0, 0.1) is 12.3 Å². The summed E-state index contributed by atoms with van der Waals surface area (Å²) in [7, 11) is 0. The van der Waals surface area contributed by atoms with E-state index in [1.165, 1.54) is 32.4 Å². The molecule has 0 bridgehead atoms. The van der Waals surface area contributed by atoms with Gasteiger partial charge in [-0.3, -0.25) is 4.90 Å². The maximum Gasteiger partial charge on any atom is 0.0304 e. The molecule has 0 aromatic heterocycles. The second-order valence-corrected chi connectivity index (χ2v) is 5.05. The zero-order valence-electron chi connectivity index (χ0n) is 10.1. The van der Waals surface area contributed by atoms with Crippen molar-refractivity contribution in [2.24, 2.45) is 5.73 Å². The highest BCUT2D eigenvalue weighted by molar-refractivity contribution is 4.95. The van der Waals surface area contributed by atoms with Crippen LogP contribution in [0.3, 0.4) is 0 Å². The van der Waals surface area contributed by atoms with Crippen LogP contribution in [-0.2, 0) is 0 Å². The van der Waals surface area contributed by atoms with Crippen molar-refractivity contribution in [3.05, 3.63) is 0 Å². The number of likely N-dealkylation sites (tertiary alicyclic amines) is 1. The Kier molecular flexibility index (Phi) is 4.63.